The van der Waals surface area contributed by atoms with Crippen molar-refractivity contribution in [3.63, 3.8) is 0 Å². The first-order valence-electron chi connectivity index (χ1n) is 11.3. The second-order valence-electron chi connectivity index (χ2n) is 8.12. The highest BCUT2D eigenvalue weighted by Gasteiger charge is 2.43. The summed E-state index contributed by atoms with van der Waals surface area (Å²) in [4.78, 5) is 35.8. The highest BCUT2D eigenvalue weighted by molar-refractivity contribution is 5.79. The van der Waals surface area contributed by atoms with Gasteiger partial charge in [-0.2, -0.15) is 0 Å². The van der Waals surface area contributed by atoms with Gasteiger partial charge < -0.3 is 14.8 Å². The number of amides is 1. The molecule has 1 aliphatic heterocycles. The van der Waals surface area contributed by atoms with Crippen molar-refractivity contribution in [3.8, 4) is 0 Å². The lowest BCUT2D eigenvalue weighted by Gasteiger charge is -2.37. The summed E-state index contributed by atoms with van der Waals surface area (Å²) >= 11 is 0. The van der Waals surface area contributed by atoms with Crippen LogP contribution in [0.4, 0.5) is 0 Å². The van der Waals surface area contributed by atoms with Crippen molar-refractivity contribution in [1.82, 2.24) is 5.32 Å². The number of carbonyl (C=O) groups is 3. The van der Waals surface area contributed by atoms with Crippen LogP contribution in [0.2, 0.25) is 0 Å². The molecule has 1 saturated heterocycles. The van der Waals surface area contributed by atoms with E-state index in [0.29, 0.717) is 32.1 Å². The number of rotatable bonds is 16. The van der Waals surface area contributed by atoms with Crippen LogP contribution < -0.4 is 5.32 Å². The van der Waals surface area contributed by atoms with Crippen molar-refractivity contribution in [2.45, 2.75) is 83.0 Å². The molecule has 170 valence electrons. The molecule has 1 aromatic carbocycles. The van der Waals surface area contributed by atoms with E-state index in [2.05, 4.69) is 18.8 Å². The van der Waals surface area contributed by atoms with Crippen LogP contribution >= 0.6 is 0 Å². The average molecular weight is 430 g/mol. The predicted octanol–water partition coefficient (Wildman–Crippen LogP) is 4.12. The zero-order valence-corrected chi connectivity index (χ0v) is 18.5. The summed E-state index contributed by atoms with van der Waals surface area (Å²) in [6.45, 7) is 5.90. The molecule has 0 spiro atoms. The van der Waals surface area contributed by atoms with Crippen molar-refractivity contribution < 1.29 is 23.9 Å². The fraction of sp³-hybridized carbons (Fsp3) is 0.560. The van der Waals surface area contributed by atoms with Gasteiger partial charge in [-0.05, 0) is 24.8 Å². The molecule has 1 heterocycles. The summed E-state index contributed by atoms with van der Waals surface area (Å²) in [6, 6.07) is 8.71. The van der Waals surface area contributed by atoms with Gasteiger partial charge >= 0.3 is 11.9 Å². The van der Waals surface area contributed by atoms with Crippen molar-refractivity contribution in [3.05, 3.63) is 48.6 Å². The molecule has 1 N–H and O–H groups in total. The number of cyclic esters (lactones) is 1. The molecule has 2 rings (SSSR count). The van der Waals surface area contributed by atoms with Crippen LogP contribution in [-0.2, 0) is 30.3 Å². The summed E-state index contributed by atoms with van der Waals surface area (Å²) < 4.78 is 11.1. The monoisotopic (exact) mass is 429 g/mol. The topological polar surface area (TPSA) is 81.7 Å². The smallest absolute Gasteiger partial charge is 0.329 e. The Labute approximate surface area is 185 Å². The Morgan fingerprint density at radius 2 is 2.03 bits per heavy atom. The van der Waals surface area contributed by atoms with E-state index in [1.54, 1.807) is 6.08 Å². The zero-order chi connectivity index (χ0) is 22.5. The average Bonchev–Trinajstić information content (AvgIpc) is 2.77. The van der Waals surface area contributed by atoms with Crippen molar-refractivity contribution in [2.24, 2.45) is 5.92 Å². The Balaban J connectivity index is 1.95. The molecule has 1 aliphatic rings. The summed E-state index contributed by atoms with van der Waals surface area (Å²) in [7, 11) is 0. The molecule has 6 nitrogen and oxygen atoms in total. The van der Waals surface area contributed by atoms with E-state index in [-0.39, 0.29) is 18.0 Å². The van der Waals surface area contributed by atoms with Crippen LogP contribution in [0, 0.1) is 5.92 Å². The molecule has 6 heteroatoms. The largest absolute Gasteiger partial charge is 0.461 e. The van der Waals surface area contributed by atoms with E-state index in [4.69, 9.17) is 9.47 Å². The molecule has 3 unspecified atom stereocenters. The lowest BCUT2D eigenvalue weighted by Crippen LogP contribution is -2.48. The van der Waals surface area contributed by atoms with E-state index < -0.39 is 18.1 Å². The fourth-order valence-electron chi connectivity index (χ4n) is 3.88. The van der Waals surface area contributed by atoms with Crippen LogP contribution in [-0.4, -0.2) is 36.6 Å². The van der Waals surface area contributed by atoms with Crippen LogP contribution in [0.1, 0.15) is 63.9 Å². The summed E-state index contributed by atoms with van der Waals surface area (Å²) in [6.07, 6.45) is 9.05. The minimum atomic E-state index is -0.764. The highest BCUT2D eigenvalue weighted by atomic mass is 16.6. The maximum Gasteiger partial charge on any atom is 0.329 e. The molecule has 0 radical (unpaired) electrons. The first-order valence-corrected chi connectivity index (χ1v) is 11.3. The molecule has 0 aliphatic carbocycles. The first kappa shape index (κ1) is 24.6. The Morgan fingerprint density at radius 1 is 1.26 bits per heavy atom. The number of unbranched alkanes of at least 4 members (excludes halogenated alkanes) is 3. The third kappa shape index (κ3) is 8.19. The zero-order valence-electron chi connectivity index (χ0n) is 18.5. The summed E-state index contributed by atoms with van der Waals surface area (Å²) in [5.41, 5.74) is 0.932. The Bertz CT molecular complexity index is 705. The van der Waals surface area contributed by atoms with Crippen LogP contribution in [0.15, 0.2) is 43.0 Å². The molecular formula is C25H35NO5. The number of hydrogen-bond acceptors (Lipinski definition) is 5. The summed E-state index contributed by atoms with van der Waals surface area (Å²) in [5.74, 6) is -0.745. The van der Waals surface area contributed by atoms with Crippen LogP contribution in [0.5, 0.6) is 0 Å². The minimum absolute atomic E-state index is 0.116. The fourth-order valence-corrected chi connectivity index (χ4v) is 3.88. The van der Waals surface area contributed by atoms with Crippen molar-refractivity contribution in [1.29, 1.82) is 0 Å². The predicted molar refractivity (Wildman–Crippen MR) is 119 cm³/mol. The van der Waals surface area contributed by atoms with Crippen LogP contribution in [0.25, 0.3) is 0 Å². The van der Waals surface area contributed by atoms with E-state index in [9.17, 15) is 14.4 Å². The molecule has 1 amide bonds. The SMILES string of the molecule is C=CCCC(CC1OC(=O)C1CCCCCC)OC(=O)[C@H](Cc1ccccc1)NC=O. The van der Waals surface area contributed by atoms with Gasteiger partial charge in [-0.3, -0.25) is 9.59 Å². The Hall–Kier alpha value is -2.63. The van der Waals surface area contributed by atoms with Gasteiger partial charge in [0.25, 0.3) is 0 Å². The minimum Gasteiger partial charge on any atom is -0.461 e. The second-order valence-corrected chi connectivity index (χ2v) is 8.12. The van der Waals surface area contributed by atoms with Gasteiger partial charge in [0.1, 0.15) is 18.2 Å². The third-order valence-corrected chi connectivity index (χ3v) is 5.69. The molecule has 4 atom stereocenters. The third-order valence-electron chi connectivity index (χ3n) is 5.69. The first-order chi connectivity index (χ1) is 15.1. The van der Waals surface area contributed by atoms with Gasteiger partial charge in [0.15, 0.2) is 0 Å². The molecule has 0 bridgehead atoms. The van der Waals surface area contributed by atoms with Gasteiger partial charge in [0.2, 0.25) is 6.41 Å². The van der Waals surface area contributed by atoms with Gasteiger partial charge in [0.05, 0.1) is 5.92 Å². The van der Waals surface area contributed by atoms with Crippen LogP contribution in [0.3, 0.4) is 0 Å². The van der Waals surface area contributed by atoms with E-state index >= 15 is 0 Å². The Morgan fingerprint density at radius 3 is 2.68 bits per heavy atom. The van der Waals surface area contributed by atoms with E-state index in [0.717, 1.165) is 31.2 Å². The normalized spacial score (nSPS) is 19.5. The maximum atomic E-state index is 12.8. The number of benzene rings is 1. The number of ether oxygens (including phenoxy) is 2. The van der Waals surface area contributed by atoms with Gasteiger partial charge in [-0.15, -0.1) is 6.58 Å². The maximum absolute atomic E-state index is 12.8. The van der Waals surface area contributed by atoms with Crippen molar-refractivity contribution >= 4 is 18.3 Å². The van der Waals surface area contributed by atoms with Gasteiger partial charge in [-0.1, -0.05) is 69.0 Å². The molecule has 1 aromatic rings. The molecule has 1 fully saturated rings. The molecule has 0 saturated carbocycles. The molecular weight excluding hydrogens is 394 g/mol. The molecule has 31 heavy (non-hydrogen) atoms. The Kier molecular flexibility index (Phi) is 10.8. The van der Waals surface area contributed by atoms with E-state index in [1.165, 1.54) is 6.42 Å². The summed E-state index contributed by atoms with van der Waals surface area (Å²) in [5, 5.41) is 2.57. The number of esters is 2. The standard InChI is InChI=1S/C25H35NO5/c1-3-5-7-11-15-21-23(31-24(21)28)17-20(14-6-4-2)30-25(29)22(26-18-27)16-19-12-9-8-10-13-19/h4,8-10,12-13,18,20-23H,2-3,5-7,11,14-17H2,1H3,(H,26,27)/t20?,21?,22-,23?/m0/s1. The second kappa shape index (κ2) is 13.6. The lowest BCUT2D eigenvalue weighted by atomic mass is 9.86. The quantitative estimate of drug-likeness (QED) is 0.185. The van der Waals surface area contributed by atoms with Crippen molar-refractivity contribution in [2.75, 3.05) is 0 Å². The van der Waals surface area contributed by atoms with Gasteiger partial charge in [-0.25, -0.2) is 4.79 Å². The van der Waals surface area contributed by atoms with Gasteiger partial charge in [0, 0.05) is 12.8 Å². The number of carbonyl (C=O) groups excluding carboxylic acids is 3. The van der Waals surface area contributed by atoms with E-state index in [1.807, 2.05) is 30.3 Å². The molecule has 0 aromatic heterocycles. The number of allylic oxidation sites excluding steroid dienone is 1. The number of nitrogens with one attached hydrogen (secondary N) is 1. The lowest BCUT2D eigenvalue weighted by molar-refractivity contribution is -0.190. The number of hydrogen-bond donors (Lipinski definition) is 1. The highest BCUT2D eigenvalue weighted by Crippen LogP contribution is 2.32.